The normalized spacial score (nSPS) is 12.0. The van der Waals surface area contributed by atoms with E-state index >= 15 is 0 Å². The predicted molar refractivity (Wildman–Crippen MR) is 99.5 cm³/mol. The van der Waals surface area contributed by atoms with Crippen LogP contribution in [0.4, 0.5) is 0 Å². The average molecular weight is 308 g/mol. The molecule has 0 atom stereocenters. The van der Waals surface area contributed by atoms with E-state index in [1.165, 1.54) is 32.9 Å². The highest BCUT2D eigenvalue weighted by Gasteiger charge is 2.05. The van der Waals surface area contributed by atoms with Crippen molar-refractivity contribution in [1.29, 1.82) is 0 Å². The van der Waals surface area contributed by atoms with Crippen LogP contribution < -0.4 is 0 Å². The molecular formula is C21H24S. The summed E-state index contributed by atoms with van der Waals surface area (Å²) in [6.45, 7) is 6.44. The number of allylic oxidation sites excluding steroid dienone is 4. The Morgan fingerprint density at radius 2 is 1.77 bits per heavy atom. The van der Waals surface area contributed by atoms with Crippen molar-refractivity contribution in [1.82, 2.24) is 0 Å². The quantitative estimate of drug-likeness (QED) is 0.531. The van der Waals surface area contributed by atoms with Gasteiger partial charge in [0.15, 0.2) is 0 Å². The van der Waals surface area contributed by atoms with Gasteiger partial charge in [0.05, 0.1) is 0 Å². The average Bonchev–Trinajstić information content (AvgIpc) is 2.55. The van der Waals surface area contributed by atoms with Gasteiger partial charge in [-0.3, -0.25) is 0 Å². The molecule has 0 saturated heterocycles. The zero-order chi connectivity index (χ0) is 15.8. The number of hydrogen-bond acceptors (Lipinski definition) is 1. The van der Waals surface area contributed by atoms with Crippen molar-refractivity contribution in [2.75, 3.05) is 0 Å². The lowest BCUT2D eigenvalue weighted by Crippen LogP contribution is -1.86. The van der Waals surface area contributed by atoms with Crippen molar-refractivity contribution in [3.63, 3.8) is 0 Å². The fourth-order valence-electron chi connectivity index (χ4n) is 2.35. The Bertz CT molecular complexity index is 648. The van der Waals surface area contributed by atoms with Gasteiger partial charge in [0.25, 0.3) is 0 Å². The lowest BCUT2D eigenvalue weighted by atomic mass is 10.1. The summed E-state index contributed by atoms with van der Waals surface area (Å²) in [5, 5.41) is 0. The number of benzene rings is 2. The topological polar surface area (TPSA) is 0 Å². The Morgan fingerprint density at radius 1 is 1.05 bits per heavy atom. The Labute approximate surface area is 139 Å². The van der Waals surface area contributed by atoms with Gasteiger partial charge in [-0.1, -0.05) is 73.7 Å². The molecule has 0 fully saturated rings. The summed E-state index contributed by atoms with van der Waals surface area (Å²) in [5.74, 6) is 0. The molecule has 0 amide bonds. The Morgan fingerprint density at radius 3 is 2.45 bits per heavy atom. The zero-order valence-electron chi connectivity index (χ0n) is 13.7. The lowest BCUT2D eigenvalue weighted by Gasteiger charge is -2.10. The monoisotopic (exact) mass is 308 g/mol. The maximum absolute atomic E-state index is 2.25. The van der Waals surface area contributed by atoms with Crippen LogP contribution in [0.15, 0.2) is 76.5 Å². The standard InChI is InChI=1S/C21H24S/c1-4-6-10-17(3)20-11-7-8-12-21(20)22-19-15-13-18(9-5-2)14-16-19/h4,6-8,10-16H,5,9H2,1-3H3/b6-4-,17-10+. The van der Waals surface area contributed by atoms with E-state index in [-0.39, 0.29) is 0 Å². The van der Waals surface area contributed by atoms with Crippen LogP contribution in [0, 0.1) is 0 Å². The molecule has 0 aromatic heterocycles. The van der Waals surface area contributed by atoms with Crippen LogP contribution in [0.3, 0.4) is 0 Å². The Hall–Kier alpha value is -1.73. The largest absolute Gasteiger partial charge is 0.0895 e. The van der Waals surface area contributed by atoms with Gasteiger partial charge in [-0.15, -0.1) is 0 Å². The molecule has 22 heavy (non-hydrogen) atoms. The first kappa shape index (κ1) is 16.6. The smallest absolute Gasteiger partial charge is 0.0197 e. The van der Waals surface area contributed by atoms with Crippen LogP contribution >= 0.6 is 11.8 Å². The summed E-state index contributed by atoms with van der Waals surface area (Å²) in [7, 11) is 0. The first-order valence-electron chi connectivity index (χ1n) is 7.90. The first-order valence-corrected chi connectivity index (χ1v) is 8.72. The predicted octanol–water partition coefficient (Wildman–Crippen LogP) is 6.77. The lowest BCUT2D eigenvalue weighted by molar-refractivity contribution is 0.920. The van der Waals surface area contributed by atoms with Gasteiger partial charge in [-0.2, -0.15) is 0 Å². The van der Waals surface area contributed by atoms with Crippen LogP contribution in [0.1, 0.15) is 38.3 Å². The number of rotatable bonds is 6. The molecule has 0 aliphatic carbocycles. The Balaban J connectivity index is 2.22. The molecule has 0 saturated carbocycles. The molecule has 0 heterocycles. The second kappa shape index (κ2) is 8.65. The van der Waals surface area contributed by atoms with Crippen LogP contribution in [0.2, 0.25) is 0 Å². The summed E-state index contributed by atoms with van der Waals surface area (Å²) < 4.78 is 0. The third-order valence-electron chi connectivity index (χ3n) is 3.54. The van der Waals surface area contributed by atoms with Crippen LogP contribution in [-0.4, -0.2) is 0 Å². The van der Waals surface area contributed by atoms with E-state index < -0.39 is 0 Å². The summed E-state index contributed by atoms with van der Waals surface area (Å²) in [5.41, 5.74) is 4.02. The summed E-state index contributed by atoms with van der Waals surface area (Å²) in [4.78, 5) is 2.61. The molecule has 2 rings (SSSR count). The zero-order valence-corrected chi connectivity index (χ0v) is 14.5. The molecule has 0 unspecified atom stereocenters. The van der Waals surface area contributed by atoms with Gasteiger partial charge in [-0.05, 0) is 55.2 Å². The van der Waals surface area contributed by atoms with Gasteiger partial charge in [0.2, 0.25) is 0 Å². The molecule has 2 aromatic rings. The van der Waals surface area contributed by atoms with Crippen molar-refractivity contribution in [2.24, 2.45) is 0 Å². The third-order valence-corrected chi connectivity index (χ3v) is 4.62. The highest BCUT2D eigenvalue weighted by molar-refractivity contribution is 7.99. The highest BCUT2D eigenvalue weighted by atomic mass is 32.2. The van der Waals surface area contributed by atoms with E-state index in [0.29, 0.717) is 0 Å². The highest BCUT2D eigenvalue weighted by Crippen LogP contribution is 2.33. The maximum Gasteiger partial charge on any atom is 0.0197 e. The molecule has 0 nitrogen and oxygen atoms in total. The van der Waals surface area contributed by atoms with E-state index in [9.17, 15) is 0 Å². The summed E-state index contributed by atoms with van der Waals surface area (Å²) in [6.07, 6.45) is 8.68. The minimum absolute atomic E-state index is 1.16. The van der Waals surface area contributed by atoms with Crippen LogP contribution in [0.5, 0.6) is 0 Å². The molecule has 0 bridgehead atoms. The van der Waals surface area contributed by atoms with E-state index in [1.54, 1.807) is 0 Å². The fraction of sp³-hybridized carbons (Fsp3) is 0.238. The molecule has 0 spiro atoms. The minimum Gasteiger partial charge on any atom is -0.0895 e. The molecule has 114 valence electrons. The van der Waals surface area contributed by atoms with Gasteiger partial charge in [0, 0.05) is 9.79 Å². The number of hydrogen-bond donors (Lipinski definition) is 0. The molecule has 0 radical (unpaired) electrons. The van der Waals surface area contributed by atoms with Crippen LogP contribution in [0.25, 0.3) is 5.57 Å². The summed E-state index contributed by atoms with van der Waals surface area (Å²) in [6, 6.07) is 17.6. The van der Waals surface area contributed by atoms with Crippen molar-refractivity contribution in [3.05, 3.63) is 77.9 Å². The molecule has 2 aromatic carbocycles. The fourth-order valence-corrected chi connectivity index (χ4v) is 3.36. The third kappa shape index (κ3) is 4.64. The first-order chi connectivity index (χ1) is 10.7. The molecule has 0 aliphatic rings. The van der Waals surface area contributed by atoms with Crippen molar-refractivity contribution < 1.29 is 0 Å². The maximum atomic E-state index is 2.25. The van der Waals surface area contributed by atoms with E-state index in [4.69, 9.17) is 0 Å². The van der Waals surface area contributed by atoms with Crippen molar-refractivity contribution in [3.8, 4) is 0 Å². The second-order valence-corrected chi connectivity index (χ2v) is 6.48. The summed E-state index contributed by atoms with van der Waals surface area (Å²) >= 11 is 1.84. The molecular weight excluding hydrogens is 284 g/mol. The molecule has 1 heteroatoms. The second-order valence-electron chi connectivity index (χ2n) is 5.37. The number of aryl methyl sites for hydroxylation is 1. The minimum atomic E-state index is 1.16. The van der Waals surface area contributed by atoms with Gasteiger partial charge in [0.1, 0.15) is 0 Å². The van der Waals surface area contributed by atoms with E-state index in [1.807, 2.05) is 18.7 Å². The van der Waals surface area contributed by atoms with E-state index in [0.717, 1.165) is 6.42 Å². The van der Waals surface area contributed by atoms with Gasteiger partial charge in [-0.25, -0.2) is 0 Å². The van der Waals surface area contributed by atoms with Gasteiger partial charge < -0.3 is 0 Å². The van der Waals surface area contributed by atoms with E-state index in [2.05, 4.69) is 80.6 Å². The molecule has 0 aliphatic heterocycles. The SMILES string of the molecule is C/C=C\C=C(/C)c1ccccc1Sc1ccc(CCC)cc1. The van der Waals surface area contributed by atoms with Crippen molar-refractivity contribution >= 4 is 17.3 Å². The molecule has 0 N–H and O–H groups in total. The van der Waals surface area contributed by atoms with Crippen molar-refractivity contribution in [2.45, 2.75) is 43.4 Å². The van der Waals surface area contributed by atoms with Gasteiger partial charge >= 0.3 is 0 Å². The van der Waals surface area contributed by atoms with Crippen LogP contribution in [-0.2, 0) is 6.42 Å². The Kier molecular flexibility index (Phi) is 6.54.